The van der Waals surface area contributed by atoms with Crippen LogP contribution in [0.2, 0.25) is 5.02 Å². The van der Waals surface area contributed by atoms with E-state index in [1.807, 2.05) is 61.5 Å². The molecule has 2 amide bonds. The van der Waals surface area contributed by atoms with Crippen molar-refractivity contribution in [1.29, 1.82) is 0 Å². The molecule has 0 aromatic heterocycles. The molecule has 4 aromatic carbocycles. The van der Waals surface area contributed by atoms with Crippen LogP contribution in [-0.2, 0) is 32.6 Å². The van der Waals surface area contributed by atoms with Crippen LogP contribution in [0.5, 0.6) is 0 Å². The lowest BCUT2D eigenvalue weighted by molar-refractivity contribution is -0.141. The molecule has 42 heavy (non-hydrogen) atoms. The Balaban J connectivity index is 1.65. The van der Waals surface area contributed by atoms with Crippen LogP contribution in [0.4, 0.5) is 0 Å². The van der Waals surface area contributed by atoms with Crippen LogP contribution >= 0.6 is 11.6 Å². The monoisotopic (exact) mass is 605 g/mol. The number of carbonyl (C=O) groups excluding carboxylic acids is 2. The molecule has 7 nitrogen and oxygen atoms in total. The average Bonchev–Trinajstić information content (AvgIpc) is 3.00. The fourth-order valence-electron chi connectivity index (χ4n) is 4.72. The number of nitrogens with one attached hydrogen (secondary N) is 1. The summed E-state index contributed by atoms with van der Waals surface area (Å²) in [6, 6.07) is 28.1. The Morgan fingerprint density at radius 1 is 0.857 bits per heavy atom. The van der Waals surface area contributed by atoms with Crippen LogP contribution in [0.25, 0.3) is 10.8 Å². The molecule has 1 N–H and O–H groups in total. The number of fused-ring (bicyclic) bond motifs is 1. The number of sulfonamides is 1. The highest BCUT2D eigenvalue weighted by Crippen LogP contribution is 2.22. The van der Waals surface area contributed by atoms with Crippen molar-refractivity contribution in [2.75, 3.05) is 20.1 Å². The average molecular weight is 606 g/mol. The maximum Gasteiger partial charge on any atom is 0.243 e. The molecule has 0 radical (unpaired) electrons. The van der Waals surface area contributed by atoms with Crippen molar-refractivity contribution in [3.05, 3.63) is 113 Å². The van der Waals surface area contributed by atoms with Gasteiger partial charge in [-0.3, -0.25) is 9.59 Å². The van der Waals surface area contributed by atoms with Crippen LogP contribution in [0.3, 0.4) is 0 Å². The summed E-state index contributed by atoms with van der Waals surface area (Å²) < 4.78 is 28.2. The number of amides is 2. The summed E-state index contributed by atoms with van der Waals surface area (Å²) in [5.74, 6) is -0.766. The molecule has 9 heteroatoms. The van der Waals surface area contributed by atoms with Crippen molar-refractivity contribution in [2.45, 2.75) is 43.7 Å². The van der Waals surface area contributed by atoms with Gasteiger partial charge in [0.05, 0.1) is 11.4 Å². The molecule has 0 fully saturated rings. The summed E-state index contributed by atoms with van der Waals surface area (Å²) in [4.78, 5) is 29.2. The minimum atomic E-state index is -3.99. The maximum atomic E-state index is 14.0. The van der Waals surface area contributed by atoms with Crippen molar-refractivity contribution >= 4 is 44.2 Å². The van der Waals surface area contributed by atoms with Crippen LogP contribution in [-0.4, -0.2) is 55.6 Å². The minimum Gasteiger partial charge on any atom is -0.354 e. The van der Waals surface area contributed by atoms with Crippen molar-refractivity contribution in [1.82, 2.24) is 14.5 Å². The molecule has 0 aliphatic carbocycles. The third-order valence-electron chi connectivity index (χ3n) is 7.15. The number of halogens is 1. The fourth-order valence-corrected chi connectivity index (χ4v) is 6.00. The second kappa shape index (κ2) is 14.4. The molecule has 4 rings (SSSR count). The van der Waals surface area contributed by atoms with E-state index in [0.29, 0.717) is 11.6 Å². The van der Waals surface area contributed by atoms with Crippen molar-refractivity contribution in [3.63, 3.8) is 0 Å². The highest BCUT2D eigenvalue weighted by Gasteiger charge is 2.33. The molecule has 1 atom stereocenters. The number of rotatable bonds is 13. The Morgan fingerprint density at radius 2 is 1.52 bits per heavy atom. The van der Waals surface area contributed by atoms with Crippen molar-refractivity contribution < 1.29 is 18.0 Å². The van der Waals surface area contributed by atoms with E-state index in [1.54, 1.807) is 42.5 Å². The Hall–Kier alpha value is -3.72. The fraction of sp³-hybridized carbons (Fsp3) is 0.273. The van der Waals surface area contributed by atoms with Gasteiger partial charge in [-0.1, -0.05) is 97.7 Å². The zero-order chi connectivity index (χ0) is 30.1. The topological polar surface area (TPSA) is 86.8 Å². The Kier molecular flexibility index (Phi) is 10.7. The van der Waals surface area contributed by atoms with Crippen LogP contribution in [0, 0.1) is 0 Å². The van der Waals surface area contributed by atoms with Crippen LogP contribution in [0.1, 0.15) is 30.9 Å². The summed E-state index contributed by atoms with van der Waals surface area (Å²) in [5.41, 5.74) is 1.66. The maximum absolute atomic E-state index is 14.0. The van der Waals surface area contributed by atoms with Crippen molar-refractivity contribution in [2.24, 2.45) is 0 Å². The Morgan fingerprint density at radius 3 is 2.21 bits per heavy atom. The SMILES string of the molecule is CCCCNC(=O)[C@H](Cc1ccccc1)N(Cc1ccc(Cl)cc1)C(=O)CN(C)S(=O)(=O)c1ccc2ccccc2c1. The van der Waals surface area contributed by atoms with E-state index >= 15 is 0 Å². The lowest BCUT2D eigenvalue weighted by atomic mass is 10.0. The molecule has 0 spiro atoms. The van der Waals surface area contributed by atoms with E-state index < -0.39 is 28.5 Å². The molecule has 0 bridgehead atoms. The number of benzene rings is 4. The van der Waals surface area contributed by atoms with Gasteiger partial charge in [-0.05, 0) is 52.6 Å². The summed E-state index contributed by atoms with van der Waals surface area (Å²) in [7, 11) is -2.61. The molecule has 0 heterocycles. The summed E-state index contributed by atoms with van der Waals surface area (Å²) in [5, 5.41) is 5.23. The van der Waals surface area contributed by atoms with E-state index in [0.717, 1.165) is 39.0 Å². The number of hydrogen-bond donors (Lipinski definition) is 1. The largest absolute Gasteiger partial charge is 0.354 e. The highest BCUT2D eigenvalue weighted by molar-refractivity contribution is 7.89. The lowest BCUT2D eigenvalue weighted by Gasteiger charge is -2.32. The third-order valence-corrected chi connectivity index (χ3v) is 9.21. The number of unbranched alkanes of at least 4 members (excludes halogenated alkanes) is 1. The van der Waals surface area contributed by atoms with E-state index in [-0.39, 0.29) is 23.8 Å². The van der Waals surface area contributed by atoms with Gasteiger partial charge in [0.25, 0.3) is 0 Å². The van der Waals surface area contributed by atoms with E-state index in [4.69, 9.17) is 11.6 Å². The lowest BCUT2D eigenvalue weighted by Crippen LogP contribution is -2.53. The molecule has 220 valence electrons. The number of hydrogen-bond acceptors (Lipinski definition) is 4. The molecular formula is C33H36ClN3O4S. The molecular weight excluding hydrogens is 570 g/mol. The molecule has 0 saturated heterocycles. The standard InChI is InChI=1S/C33H36ClN3O4S/c1-3-4-20-35-33(39)31(21-25-10-6-5-7-11-25)37(23-26-14-17-29(34)18-15-26)32(38)24-36(2)42(40,41)30-19-16-27-12-8-9-13-28(27)22-30/h5-19,22,31H,3-4,20-21,23-24H2,1-2H3,(H,35,39)/t31-/m0/s1. The Labute approximate surface area is 253 Å². The molecule has 0 saturated carbocycles. The summed E-state index contributed by atoms with van der Waals surface area (Å²) >= 11 is 6.10. The normalized spacial score (nSPS) is 12.3. The van der Waals surface area contributed by atoms with Gasteiger partial charge in [-0.25, -0.2) is 8.42 Å². The van der Waals surface area contributed by atoms with Crippen LogP contribution in [0.15, 0.2) is 102 Å². The number of carbonyl (C=O) groups is 2. The van der Waals surface area contributed by atoms with E-state index in [1.165, 1.54) is 11.9 Å². The zero-order valence-electron chi connectivity index (χ0n) is 23.9. The smallest absolute Gasteiger partial charge is 0.243 e. The predicted octanol–water partition coefficient (Wildman–Crippen LogP) is 5.67. The van der Waals surface area contributed by atoms with Gasteiger partial charge in [0.15, 0.2) is 0 Å². The quantitative estimate of drug-likeness (QED) is 0.199. The highest BCUT2D eigenvalue weighted by atomic mass is 35.5. The third kappa shape index (κ3) is 7.97. The minimum absolute atomic E-state index is 0.0962. The summed E-state index contributed by atoms with van der Waals surface area (Å²) in [6.45, 7) is 2.20. The first kappa shape index (κ1) is 31.2. The van der Waals surface area contributed by atoms with Gasteiger partial charge in [0.1, 0.15) is 6.04 Å². The number of likely N-dealkylation sites (N-methyl/N-ethyl adjacent to an activating group) is 1. The summed E-state index contributed by atoms with van der Waals surface area (Å²) in [6.07, 6.45) is 2.00. The number of nitrogens with zero attached hydrogens (tertiary/aromatic N) is 2. The van der Waals surface area contributed by atoms with E-state index in [2.05, 4.69) is 5.32 Å². The predicted molar refractivity (Wildman–Crippen MR) is 168 cm³/mol. The first-order valence-corrected chi connectivity index (χ1v) is 15.8. The second-order valence-electron chi connectivity index (χ2n) is 10.3. The van der Waals surface area contributed by atoms with Gasteiger partial charge in [0, 0.05) is 31.6 Å². The molecule has 0 aliphatic heterocycles. The van der Waals surface area contributed by atoms with Gasteiger partial charge >= 0.3 is 0 Å². The zero-order valence-corrected chi connectivity index (χ0v) is 25.4. The molecule has 0 unspecified atom stereocenters. The van der Waals surface area contributed by atoms with Gasteiger partial charge < -0.3 is 10.2 Å². The van der Waals surface area contributed by atoms with Gasteiger partial charge in [0.2, 0.25) is 21.8 Å². The van der Waals surface area contributed by atoms with Crippen molar-refractivity contribution in [3.8, 4) is 0 Å². The van der Waals surface area contributed by atoms with Gasteiger partial charge in [-0.2, -0.15) is 4.31 Å². The van der Waals surface area contributed by atoms with Gasteiger partial charge in [-0.15, -0.1) is 0 Å². The second-order valence-corrected chi connectivity index (χ2v) is 12.7. The Bertz CT molecular complexity index is 1610. The van der Waals surface area contributed by atoms with E-state index in [9.17, 15) is 18.0 Å². The first-order chi connectivity index (χ1) is 20.2. The molecule has 0 aliphatic rings. The first-order valence-electron chi connectivity index (χ1n) is 14.0. The van der Waals surface area contributed by atoms with Crippen LogP contribution < -0.4 is 5.32 Å². The molecule has 4 aromatic rings.